The lowest BCUT2D eigenvalue weighted by Crippen LogP contribution is -1.93. The molecule has 9 aromatic rings. The molecule has 224 valence electrons. The van der Waals surface area contributed by atoms with Crippen molar-refractivity contribution in [3.63, 3.8) is 0 Å². The summed E-state index contributed by atoms with van der Waals surface area (Å²) in [5.74, 6) is 0. The molecule has 0 aliphatic rings. The van der Waals surface area contributed by atoms with Crippen LogP contribution >= 0.6 is 0 Å². The van der Waals surface area contributed by atoms with E-state index in [1.165, 1.54) is 27.1 Å². The van der Waals surface area contributed by atoms with Gasteiger partial charge in [0, 0.05) is 39.0 Å². The van der Waals surface area contributed by atoms with Gasteiger partial charge in [-0.1, -0.05) is 146 Å². The highest BCUT2D eigenvalue weighted by Gasteiger charge is 2.16. The molecular formula is C45H29N3. The van der Waals surface area contributed by atoms with Crippen LogP contribution in [0.2, 0.25) is 0 Å². The van der Waals surface area contributed by atoms with E-state index >= 15 is 0 Å². The third-order valence-electron chi connectivity index (χ3n) is 9.15. The van der Waals surface area contributed by atoms with Crippen molar-refractivity contribution in [1.82, 2.24) is 15.0 Å². The van der Waals surface area contributed by atoms with Gasteiger partial charge < -0.3 is 0 Å². The first-order valence-electron chi connectivity index (χ1n) is 16.2. The summed E-state index contributed by atoms with van der Waals surface area (Å²) in [6.07, 6.45) is 1.80. The van der Waals surface area contributed by atoms with E-state index in [2.05, 4.69) is 138 Å². The quantitative estimate of drug-likeness (QED) is 0.182. The molecule has 0 aliphatic heterocycles. The normalized spacial score (nSPS) is 11.3. The Morgan fingerprint density at radius 3 is 1.77 bits per heavy atom. The van der Waals surface area contributed by atoms with Crippen molar-refractivity contribution in [2.24, 2.45) is 0 Å². The predicted octanol–water partition coefficient (Wildman–Crippen LogP) is 11.7. The van der Waals surface area contributed by atoms with Gasteiger partial charge in [0.15, 0.2) is 0 Å². The Balaban J connectivity index is 1.12. The molecule has 0 aliphatic carbocycles. The fraction of sp³-hybridized carbons (Fsp3) is 0. The van der Waals surface area contributed by atoms with Crippen molar-refractivity contribution in [3.8, 4) is 56.2 Å². The summed E-state index contributed by atoms with van der Waals surface area (Å²) in [6.45, 7) is 0. The maximum Gasteiger partial charge on any atom is 0.0893 e. The molecule has 0 N–H and O–H groups in total. The van der Waals surface area contributed by atoms with Gasteiger partial charge in [0.25, 0.3) is 0 Å². The average molecular weight is 612 g/mol. The monoisotopic (exact) mass is 611 g/mol. The van der Waals surface area contributed by atoms with Crippen LogP contribution in [0, 0.1) is 0 Å². The summed E-state index contributed by atoms with van der Waals surface area (Å²) in [6, 6.07) is 59.6. The first-order valence-corrected chi connectivity index (χ1v) is 16.2. The number of nitrogens with zero attached hydrogens (tertiary/aromatic N) is 3. The van der Waals surface area contributed by atoms with Gasteiger partial charge in [-0.2, -0.15) is 0 Å². The molecule has 0 radical (unpaired) electrons. The van der Waals surface area contributed by atoms with Crippen molar-refractivity contribution in [2.75, 3.05) is 0 Å². The molecule has 6 aromatic carbocycles. The second kappa shape index (κ2) is 11.7. The van der Waals surface area contributed by atoms with Gasteiger partial charge >= 0.3 is 0 Å². The Morgan fingerprint density at radius 2 is 0.979 bits per heavy atom. The Bertz CT molecular complexity index is 2580. The van der Waals surface area contributed by atoms with E-state index in [0.717, 1.165) is 61.5 Å². The summed E-state index contributed by atoms with van der Waals surface area (Å²) in [4.78, 5) is 14.8. The summed E-state index contributed by atoms with van der Waals surface area (Å²) in [5.41, 5.74) is 11.4. The van der Waals surface area contributed by atoms with Crippen molar-refractivity contribution in [3.05, 3.63) is 176 Å². The standard InChI is InChI=1S/C45H29N3/c1-2-10-32(11-3-1)37-14-8-15-38-43-36-13-5-4-12-33(36)27-28-39(43)44(48-45(37)38)35-25-21-31(22-26-35)30-19-23-34(24-20-30)40-17-9-18-42(47-40)41-16-6-7-29-46-41/h1-29H. The van der Waals surface area contributed by atoms with Crippen LogP contribution in [0.3, 0.4) is 0 Å². The minimum atomic E-state index is 0.867. The van der Waals surface area contributed by atoms with Crippen LogP contribution in [0.25, 0.3) is 88.6 Å². The Hall–Kier alpha value is -6.45. The topological polar surface area (TPSA) is 38.7 Å². The van der Waals surface area contributed by atoms with Crippen LogP contribution in [-0.2, 0) is 0 Å². The highest BCUT2D eigenvalue weighted by molar-refractivity contribution is 6.23. The summed E-state index contributed by atoms with van der Waals surface area (Å²) >= 11 is 0. The highest BCUT2D eigenvalue weighted by atomic mass is 14.8. The lowest BCUT2D eigenvalue weighted by molar-refractivity contribution is 1.25. The van der Waals surface area contributed by atoms with Gasteiger partial charge in [0.05, 0.1) is 28.3 Å². The Labute approximate surface area is 278 Å². The van der Waals surface area contributed by atoms with E-state index in [0.29, 0.717) is 0 Å². The predicted molar refractivity (Wildman–Crippen MR) is 200 cm³/mol. The maximum absolute atomic E-state index is 5.42. The molecule has 0 atom stereocenters. The zero-order valence-corrected chi connectivity index (χ0v) is 26.1. The van der Waals surface area contributed by atoms with Gasteiger partial charge in [-0.3, -0.25) is 4.98 Å². The molecule has 3 heterocycles. The molecule has 0 saturated heterocycles. The Kier molecular flexibility index (Phi) is 6.80. The van der Waals surface area contributed by atoms with E-state index in [1.54, 1.807) is 6.20 Å². The molecule has 9 rings (SSSR count). The van der Waals surface area contributed by atoms with Crippen LogP contribution in [0.1, 0.15) is 0 Å². The molecule has 0 amide bonds. The number of rotatable bonds is 5. The number of pyridine rings is 3. The lowest BCUT2D eigenvalue weighted by Gasteiger charge is -2.15. The zero-order valence-electron chi connectivity index (χ0n) is 26.1. The largest absolute Gasteiger partial charge is 0.255 e. The lowest BCUT2D eigenvalue weighted by atomic mass is 9.92. The van der Waals surface area contributed by atoms with E-state index in [9.17, 15) is 0 Å². The molecule has 0 spiro atoms. The molecule has 0 unspecified atom stereocenters. The van der Waals surface area contributed by atoms with Crippen LogP contribution in [0.15, 0.2) is 176 Å². The number of fused-ring (bicyclic) bond motifs is 5. The van der Waals surface area contributed by atoms with Gasteiger partial charge in [-0.05, 0) is 51.7 Å². The van der Waals surface area contributed by atoms with Gasteiger partial charge in [-0.25, -0.2) is 9.97 Å². The molecule has 0 saturated carbocycles. The SMILES string of the molecule is c1ccc(-c2cccc3c2nc(-c2ccc(-c4ccc(-c5cccc(-c6ccccn6)n5)cc4)cc2)c2ccc4ccccc4c23)cc1. The smallest absolute Gasteiger partial charge is 0.0893 e. The molecular weight excluding hydrogens is 583 g/mol. The third-order valence-corrected chi connectivity index (χ3v) is 9.15. The molecule has 48 heavy (non-hydrogen) atoms. The molecule has 0 bridgehead atoms. The second-order valence-electron chi connectivity index (χ2n) is 12.0. The van der Waals surface area contributed by atoms with E-state index in [4.69, 9.17) is 9.97 Å². The number of hydrogen-bond donors (Lipinski definition) is 0. The van der Waals surface area contributed by atoms with Crippen LogP contribution < -0.4 is 0 Å². The number of hydrogen-bond acceptors (Lipinski definition) is 3. The molecule has 3 nitrogen and oxygen atoms in total. The van der Waals surface area contributed by atoms with Crippen molar-refractivity contribution >= 4 is 32.4 Å². The van der Waals surface area contributed by atoms with Crippen LogP contribution in [0.5, 0.6) is 0 Å². The second-order valence-corrected chi connectivity index (χ2v) is 12.0. The molecule has 3 aromatic heterocycles. The fourth-order valence-electron chi connectivity index (χ4n) is 6.77. The van der Waals surface area contributed by atoms with Gasteiger partial charge in [0.2, 0.25) is 0 Å². The minimum absolute atomic E-state index is 0.867. The Morgan fingerprint density at radius 1 is 0.333 bits per heavy atom. The maximum atomic E-state index is 5.42. The van der Waals surface area contributed by atoms with Crippen molar-refractivity contribution in [1.29, 1.82) is 0 Å². The molecule has 3 heteroatoms. The zero-order chi connectivity index (χ0) is 31.9. The molecule has 0 fully saturated rings. The van der Waals surface area contributed by atoms with E-state index in [1.807, 2.05) is 36.4 Å². The number of benzene rings is 6. The van der Waals surface area contributed by atoms with E-state index in [-0.39, 0.29) is 0 Å². The van der Waals surface area contributed by atoms with Crippen molar-refractivity contribution in [2.45, 2.75) is 0 Å². The first kappa shape index (κ1) is 27.8. The number of para-hydroxylation sites is 1. The minimum Gasteiger partial charge on any atom is -0.255 e. The average Bonchev–Trinajstić information content (AvgIpc) is 3.18. The van der Waals surface area contributed by atoms with E-state index < -0.39 is 0 Å². The summed E-state index contributed by atoms with van der Waals surface area (Å²) in [7, 11) is 0. The summed E-state index contributed by atoms with van der Waals surface area (Å²) in [5, 5.41) is 6.04. The fourth-order valence-corrected chi connectivity index (χ4v) is 6.77. The van der Waals surface area contributed by atoms with Crippen LogP contribution in [-0.4, -0.2) is 15.0 Å². The van der Waals surface area contributed by atoms with Gasteiger partial charge in [-0.15, -0.1) is 0 Å². The highest BCUT2D eigenvalue weighted by Crippen LogP contribution is 2.40. The van der Waals surface area contributed by atoms with Crippen molar-refractivity contribution < 1.29 is 0 Å². The summed E-state index contributed by atoms with van der Waals surface area (Å²) < 4.78 is 0. The number of aromatic nitrogens is 3. The van der Waals surface area contributed by atoms with Crippen LogP contribution in [0.4, 0.5) is 0 Å². The third kappa shape index (κ3) is 4.90. The van der Waals surface area contributed by atoms with Gasteiger partial charge in [0.1, 0.15) is 0 Å². The first-order chi connectivity index (χ1) is 23.8.